The van der Waals surface area contributed by atoms with Gasteiger partial charge in [-0.15, -0.1) is 12.4 Å². The number of hydrogen-bond donors (Lipinski definition) is 3. The molecule has 4 N–H and O–H groups in total. The number of carbonyl (C=O) groups is 1. The molecule has 0 saturated carbocycles. The summed E-state index contributed by atoms with van der Waals surface area (Å²) in [7, 11) is 0. The van der Waals surface area contributed by atoms with Crippen LogP contribution < -0.4 is 11.1 Å². The second-order valence-corrected chi connectivity index (χ2v) is 5.70. The largest absolute Gasteiger partial charge is 0.348 e. The number of aromatic nitrogens is 2. The van der Waals surface area contributed by atoms with Crippen LogP contribution in [0.15, 0.2) is 36.5 Å². The third kappa shape index (κ3) is 5.36. The van der Waals surface area contributed by atoms with E-state index in [1.807, 2.05) is 36.6 Å². The molecule has 0 fully saturated rings. The van der Waals surface area contributed by atoms with Gasteiger partial charge in [-0.3, -0.25) is 4.79 Å². The topological polar surface area (TPSA) is 83.8 Å². The van der Waals surface area contributed by atoms with E-state index in [1.54, 1.807) is 18.0 Å². The summed E-state index contributed by atoms with van der Waals surface area (Å²) in [6.07, 6.45) is 4.45. The van der Waals surface area contributed by atoms with Gasteiger partial charge in [0.05, 0.1) is 24.5 Å². The Hall–Kier alpha value is -1.50. The van der Waals surface area contributed by atoms with Crippen LogP contribution in [0.2, 0.25) is 0 Å². The molecule has 7 heteroatoms. The van der Waals surface area contributed by atoms with E-state index >= 15 is 0 Å². The Morgan fingerprint density at radius 3 is 2.82 bits per heavy atom. The number of nitrogens with one attached hydrogen (secondary N) is 2. The molecule has 0 saturated heterocycles. The number of thioether (sulfide) groups is 1. The number of aromatic amines is 1. The Bertz CT molecular complexity index is 576. The second-order valence-electron chi connectivity index (χ2n) is 4.72. The van der Waals surface area contributed by atoms with Crippen molar-refractivity contribution in [2.75, 3.05) is 12.0 Å². The summed E-state index contributed by atoms with van der Waals surface area (Å²) < 4.78 is 0. The number of H-pyrrole nitrogens is 1. The first-order chi connectivity index (χ1) is 10.2. The van der Waals surface area contributed by atoms with Gasteiger partial charge in [0.15, 0.2) is 0 Å². The third-order valence-electron chi connectivity index (χ3n) is 3.11. The summed E-state index contributed by atoms with van der Waals surface area (Å²) in [6, 6.07) is 9.48. The van der Waals surface area contributed by atoms with Gasteiger partial charge < -0.3 is 16.0 Å². The number of nitrogens with zero attached hydrogens (tertiary/aromatic N) is 1. The van der Waals surface area contributed by atoms with E-state index in [4.69, 9.17) is 5.73 Å². The maximum absolute atomic E-state index is 11.8. The van der Waals surface area contributed by atoms with Gasteiger partial charge >= 0.3 is 0 Å². The van der Waals surface area contributed by atoms with Gasteiger partial charge in [0.25, 0.3) is 0 Å². The van der Waals surface area contributed by atoms with E-state index in [-0.39, 0.29) is 18.3 Å². The van der Waals surface area contributed by atoms with Crippen LogP contribution in [0.1, 0.15) is 12.2 Å². The minimum atomic E-state index is -0.457. The predicted molar refractivity (Wildman–Crippen MR) is 94.1 cm³/mol. The molecule has 0 bridgehead atoms. The highest BCUT2D eigenvalue weighted by molar-refractivity contribution is 7.98. The lowest BCUT2D eigenvalue weighted by atomic mass is 10.2. The van der Waals surface area contributed by atoms with Crippen molar-refractivity contribution < 1.29 is 4.79 Å². The molecule has 0 aliphatic carbocycles. The summed E-state index contributed by atoms with van der Waals surface area (Å²) in [5.41, 5.74) is 7.81. The van der Waals surface area contributed by atoms with Gasteiger partial charge in [-0.05, 0) is 24.0 Å². The Morgan fingerprint density at radius 1 is 1.41 bits per heavy atom. The van der Waals surface area contributed by atoms with Crippen molar-refractivity contribution in [2.45, 2.75) is 19.0 Å². The fraction of sp³-hybridized carbons (Fsp3) is 0.333. The number of nitrogens with two attached hydrogens (primary N) is 1. The van der Waals surface area contributed by atoms with E-state index in [1.165, 1.54) is 0 Å². The Labute approximate surface area is 140 Å². The average Bonchev–Trinajstić information content (AvgIpc) is 3.00. The second kappa shape index (κ2) is 9.50. The number of benzene rings is 1. The summed E-state index contributed by atoms with van der Waals surface area (Å²) in [5.74, 6) is 1.47. The van der Waals surface area contributed by atoms with Crippen LogP contribution in [0.3, 0.4) is 0 Å². The van der Waals surface area contributed by atoms with Gasteiger partial charge in [0.2, 0.25) is 5.91 Å². The van der Waals surface area contributed by atoms with Gasteiger partial charge in [0, 0.05) is 0 Å². The van der Waals surface area contributed by atoms with Gasteiger partial charge in [0.1, 0.15) is 5.82 Å². The Balaban J connectivity index is 0.00000242. The van der Waals surface area contributed by atoms with E-state index < -0.39 is 6.04 Å². The fourth-order valence-electron chi connectivity index (χ4n) is 1.89. The average molecular weight is 341 g/mol. The van der Waals surface area contributed by atoms with E-state index in [9.17, 15) is 4.79 Å². The number of hydrogen-bond acceptors (Lipinski definition) is 4. The summed E-state index contributed by atoms with van der Waals surface area (Å²) in [5, 5.41) is 2.81. The van der Waals surface area contributed by atoms with Gasteiger partial charge in [-0.25, -0.2) is 4.98 Å². The first-order valence-electron chi connectivity index (χ1n) is 6.82. The molecule has 1 aromatic heterocycles. The highest BCUT2D eigenvalue weighted by Crippen LogP contribution is 2.15. The summed E-state index contributed by atoms with van der Waals surface area (Å²) in [6.45, 7) is 0.360. The first-order valence-corrected chi connectivity index (χ1v) is 8.21. The summed E-state index contributed by atoms with van der Waals surface area (Å²) >= 11 is 1.68. The molecule has 2 aromatic rings. The van der Waals surface area contributed by atoms with Crippen molar-refractivity contribution >= 4 is 30.1 Å². The van der Waals surface area contributed by atoms with Crippen LogP contribution in [0.5, 0.6) is 0 Å². The number of carbonyl (C=O) groups excluding carboxylic acids is 1. The minimum Gasteiger partial charge on any atom is -0.348 e. The zero-order valence-corrected chi connectivity index (χ0v) is 14.0. The number of halogens is 1. The molecule has 0 radical (unpaired) electrons. The fourth-order valence-corrected chi connectivity index (χ4v) is 2.38. The molecule has 2 rings (SSSR count). The molecule has 0 aliphatic rings. The maximum Gasteiger partial charge on any atom is 0.237 e. The van der Waals surface area contributed by atoms with Crippen molar-refractivity contribution in [2.24, 2.45) is 5.73 Å². The van der Waals surface area contributed by atoms with Gasteiger partial charge in [-0.1, -0.05) is 30.3 Å². The molecule has 0 spiro atoms. The van der Waals surface area contributed by atoms with Crippen LogP contribution >= 0.6 is 24.2 Å². The van der Waals surface area contributed by atoms with Crippen molar-refractivity contribution in [3.05, 3.63) is 42.4 Å². The van der Waals surface area contributed by atoms with Crippen molar-refractivity contribution in [3.63, 3.8) is 0 Å². The molecule has 1 unspecified atom stereocenters. The van der Waals surface area contributed by atoms with Crippen molar-refractivity contribution in [1.82, 2.24) is 15.3 Å². The van der Waals surface area contributed by atoms with E-state index in [0.717, 1.165) is 22.8 Å². The van der Waals surface area contributed by atoms with Crippen LogP contribution in [-0.2, 0) is 11.3 Å². The summed E-state index contributed by atoms with van der Waals surface area (Å²) in [4.78, 5) is 19.3. The lowest BCUT2D eigenvalue weighted by Crippen LogP contribution is -2.40. The molecule has 120 valence electrons. The molecule has 22 heavy (non-hydrogen) atoms. The molecular weight excluding hydrogens is 320 g/mol. The van der Waals surface area contributed by atoms with Crippen LogP contribution in [0, 0.1) is 0 Å². The number of rotatable bonds is 7. The van der Waals surface area contributed by atoms with E-state index in [2.05, 4.69) is 15.3 Å². The zero-order valence-electron chi connectivity index (χ0n) is 12.4. The smallest absolute Gasteiger partial charge is 0.237 e. The monoisotopic (exact) mass is 340 g/mol. The van der Waals surface area contributed by atoms with Gasteiger partial charge in [-0.2, -0.15) is 11.8 Å². The van der Waals surface area contributed by atoms with Crippen LogP contribution in [-0.4, -0.2) is 33.9 Å². The number of amides is 1. The highest BCUT2D eigenvalue weighted by Gasteiger charge is 2.13. The zero-order chi connectivity index (χ0) is 15.1. The Kier molecular flexibility index (Phi) is 8.01. The van der Waals surface area contributed by atoms with E-state index in [0.29, 0.717) is 13.0 Å². The molecule has 1 amide bonds. The standard InChI is InChI=1S/C15H20N4OS.ClH/c1-21-8-7-12(16)15(20)18-10-14-17-9-13(19-14)11-5-3-2-4-6-11;/h2-6,9,12H,7-8,10,16H2,1H3,(H,17,19)(H,18,20);1H. The third-order valence-corrected chi connectivity index (χ3v) is 3.76. The predicted octanol–water partition coefficient (Wildman–Crippen LogP) is 2.20. The van der Waals surface area contributed by atoms with Crippen molar-refractivity contribution in [3.8, 4) is 11.3 Å². The maximum atomic E-state index is 11.8. The van der Waals surface area contributed by atoms with Crippen LogP contribution in [0.25, 0.3) is 11.3 Å². The molecule has 1 heterocycles. The molecule has 1 atom stereocenters. The first kappa shape index (κ1) is 18.5. The minimum absolute atomic E-state index is 0. The highest BCUT2D eigenvalue weighted by atomic mass is 35.5. The van der Waals surface area contributed by atoms with Crippen LogP contribution in [0.4, 0.5) is 0 Å². The SMILES string of the molecule is CSCCC(N)C(=O)NCc1ncc(-c2ccccc2)[nH]1.Cl. The lowest BCUT2D eigenvalue weighted by Gasteiger charge is -2.10. The quantitative estimate of drug-likeness (QED) is 0.721. The number of imidazole rings is 1. The normalized spacial score (nSPS) is 11.5. The molecular formula is C15H21ClN4OS. The lowest BCUT2D eigenvalue weighted by molar-refractivity contribution is -0.122. The molecule has 1 aromatic carbocycles. The Morgan fingerprint density at radius 2 is 2.14 bits per heavy atom. The molecule has 0 aliphatic heterocycles. The molecule has 5 nitrogen and oxygen atoms in total. The van der Waals surface area contributed by atoms with Crippen molar-refractivity contribution in [1.29, 1.82) is 0 Å².